The lowest BCUT2D eigenvalue weighted by atomic mass is 10.0. The van der Waals surface area contributed by atoms with E-state index in [2.05, 4.69) is 30.4 Å². The lowest BCUT2D eigenvalue weighted by Gasteiger charge is -2.29. The van der Waals surface area contributed by atoms with Crippen LogP contribution in [0.5, 0.6) is 11.5 Å². The minimum absolute atomic E-state index is 0.177. The van der Waals surface area contributed by atoms with Crippen molar-refractivity contribution >= 4 is 34.8 Å². The van der Waals surface area contributed by atoms with Crippen LogP contribution in [0.3, 0.4) is 0 Å². The Morgan fingerprint density at radius 2 is 1.85 bits per heavy atom. The van der Waals surface area contributed by atoms with Crippen molar-refractivity contribution in [1.82, 2.24) is 25.1 Å². The van der Waals surface area contributed by atoms with Crippen LogP contribution >= 0.6 is 23.2 Å². The molecule has 0 aliphatic carbocycles. The van der Waals surface area contributed by atoms with Crippen LogP contribution in [0.15, 0.2) is 30.9 Å². The van der Waals surface area contributed by atoms with Crippen molar-refractivity contribution in [1.29, 1.82) is 0 Å². The fourth-order valence-electron chi connectivity index (χ4n) is 4.67. The second-order valence-electron chi connectivity index (χ2n) is 8.63. The number of piperidine rings is 1. The number of hydrogen-bond acceptors (Lipinski definition) is 7. The first kappa shape index (κ1) is 22.3. The smallest absolute Gasteiger partial charge is 0.227 e. The number of fused-ring (bicyclic) bond motifs is 2. The number of benzene rings is 1. The van der Waals surface area contributed by atoms with Gasteiger partial charge in [0.15, 0.2) is 5.75 Å². The summed E-state index contributed by atoms with van der Waals surface area (Å²) in [4.78, 5) is 8.71. The van der Waals surface area contributed by atoms with Gasteiger partial charge in [0, 0.05) is 23.8 Å². The Balaban J connectivity index is 1.21. The molecule has 2 fully saturated rings. The molecule has 2 aliphatic rings. The minimum Gasteiger partial charge on any atom is -0.495 e. The molecule has 0 saturated carbocycles. The summed E-state index contributed by atoms with van der Waals surface area (Å²) >= 11 is 12.8. The Morgan fingerprint density at radius 3 is 2.55 bits per heavy atom. The fraction of sp³-hybridized carbons (Fsp3) is 0.435. The molecule has 2 aromatic heterocycles. The van der Waals surface area contributed by atoms with Crippen molar-refractivity contribution in [2.75, 3.05) is 12.4 Å². The maximum absolute atomic E-state index is 6.41. The summed E-state index contributed by atoms with van der Waals surface area (Å²) in [7, 11) is 1.57. The number of ether oxygens (including phenoxy) is 2. The SMILES string of the molecule is COc1cc(C)c(Cl)c(COc2cnc(Nc3cnn(C4C[C@H]5CC[C@@H](C4)N5)c3)nc2)c1Cl. The molecule has 3 atom stereocenters. The second-order valence-corrected chi connectivity index (χ2v) is 9.39. The molecule has 2 aliphatic heterocycles. The van der Waals surface area contributed by atoms with E-state index in [9.17, 15) is 0 Å². The largest absolute Gasteiger partial charge is 0.495 e. The molecule has 10 heteroatoms. The van der Waals surface area contributed by atoms with Crippen molar-refractivity contribution in [3.8, 4) is 11.5 Å². The first-order valence-electron chi connectivity index (χ1n) is 11.0. The Morgan fingerprint density at radius 1 is 1.12 bits per heavy atom. The number of nitrogens with zero attached hydrogens (tertiary/aromatic N) is 4. The molecule has 1 aromatic carbocycles. The van der Waals surface area contributed by atoms with Crippen molar-refractivity contribution in [3.63, 3.8) is 0 Å². The van der Waals surface area contributed by atoms with Gasteiger partial charge in [0.05, 0.1) is 47.5 Å². The average molecular weight is 489 g/mol. The fourth-order valence-corrected chi connectivity index (χ4v) is 5.20. The molecule has 2 N–H and O–H groups in total. The Bertz CT molecular complexity index is 1120. The Hall–Kier alpha value is -2.55. The van der Waals surface area contributed by atoms with Crippen molar-refractivity contribution in [2.24, 2.45) is 0 Å². The number of hydrogen-bond donors (Lipinski definition) is 2. The lowest BCUT2D eigenvalue weighted by Crippen LogP contribution is -2.38. The highest BCUT2D eigenvalue weighted by molar-refractivity contribution is 6.37. The quantitative estimate of drug-likeness (QED) is 0.479. The van der Waals surface area contributed by atoms with Gasteiger partial charge in [0.1, 0.15) is 12.4 Å². The van der Waals surface area contributed by atoms with E-state index in [0.717, 1.165) is 24.1 Å². The molecule has 3 aromatic rings. The van der Waals surface area contributed by atoms with Gasteiger partial charge in [-0.15, -0.1) is 0 Å². The van der Waals surface area contributed by atoms with Crippen molar-refractivity contribution in [3.05, 3.63) is 52.0 Å². The van der Waals surface area contributed by atoms with Gasteiger partial charge in [-0.3, -0.25) is 4.68 Å². The number of aryl methyl sites for hydroxylation is 1. The number of anilines is 2. The standard InChI is InChI=1S/C23H26Cl2N6O2/c1-13-5-20(32-2)22(25)19(21(13)24)12-33-18-9-26-23(27-10-18)30-16-8-28-31(11-16)17-6-14-3-4-15(7-17)29-14/h5,8-11,14-15,17,29H,3-4,6-7,12H2,1-2H3,(H,26,27,30)/t14-,15+,17?. The van der Waals surface area contributed by atoms with Gasteiger partial charge in [-0.1, -0.05) is 23.2 Å². The lowest BCUT2D eigenvalue weighted by molar-refractivity contribution is 0.281. The monoisotopic (exact) mass is 488 g/mol. The second kappa shape index (κ2) is 9.37. The Labute approximate surface area is 202 Å². The normalized spacial score (nSPS) is 21.8. The van der Waals surface area contributed by atoms with E-state index >= 15 is 0 Å². The molecule has 174 valence electrons. The van der Waals surface area contributed by atoms with E-state index in [1.807, 2.05) is 19.3 Å². The molecular weight excluding hydrogens is 463 g/mol. The third kappa shape index (κ3) is 4.74. The van der Waals surface area contributed by atoms with E-state index in [4.69, 9.17) is 32.7 Å². The first-order valence-corrected chi connectivity index (χ1v) is 11.8. The van der Waals surface area contributed by atoms with Crippen LogP contribution in [-0.2, 0) is 6.61 Å². The predicted octanol–water partition coefficient (Wildman–Crippen LogP) is 5.08. The number of halogens is 2. The highest BCUT2D eigenvalue weighted by atomic mass is 35.5. The molecule has 33 heavy (non-hydrogen) atoms. The number of rotatable bonds is 7. The molecule has 8 nitrogen and oxygen atoms in total. The molecule has 0 radical (unpaired) electrons. The van der Waals surface area contributed by atoms with Crippen LogP contribution < -0.4 is 20.1 Å². The zero-order valence-corrected chi connectivity index (χ0v) is 20.0. The minimum atomic E-state index is 0.177. The summed E-state index contributed by atoms with van der Waals surface area (Å²) in [5.74, 6) is 1.54. The maximum Gasteiger partial charge on any atom is 0.227 e. The van der Waals surface area contributed by atoms with Crippen molar-refractivity contribution < 1.29 is 9.47 Å². The van der Waals surface area contributed by atoms with E-state index < -0.39 is 0 Å². The zero-order chi connectivity index (χ0) is 22.9. The zero-order valence-electron chi connectivity index (χ0n) is 18.5. The van der Waals surface area contributed by atoms with Crippen LogP contribution in [0.2, 0.25) is 10.0 Å². The van der Waals surface area contributed by atoms with E-state index in [0.29, 0.717) is 51.2 Å². The highest BCUT2D eigenvalue weighted by Gasteiger charge is 2.34. The molecular formula is C23H26Cl2N6O2. The van der Waals surface area contributed by atoms with Crippen LogP contribution in [0.4, 0.5) is 11.6 Å². The number of aromatic nitrogens is 4. The van der Waals surface area contributed by atoms with E-state index in [-0.39, 0.29) is 6.61 Å². The molecule has 2 saturated heterocycles. The van der Waals surface area contributed by atoms with E-state index in [1.165, 1.54) is 12.8 Å². The van der Waals surface area contributed by atoms with Gasteiger partial charge in [0.25, 0.3) is 0 Å². The van der Waals surface area contributed by atoms with Crippen molar-refractivity contribution in [2.45, 2.75) is 57.3 Å². The maximum atomic E-state index is 6.41. The van der Waals surface area contributed by atoms with Gasteiger partial charge in [-0.2, -0.15) is 5.10 Å². The summed E-state index contributed by atoms with van der Waals surface area (Å²) in [5, 5.41) is 12.4. The topological polar surface area (TPSA) is 86.1 Å². The predicted molar refractivity (Wildman–Crippen MR) is 128 cm³/mol. The van der Waals surface area contributed by atoms with E-state index in [1.54, 1.807) is 25.6 Å². The summed E-state index contributed by atoms with van der Waals surface area (Å²) in [5.41, 5.74) is 2.39. The highest BCUT2D eigenvalue weighted by Crippen LogP contribution is 2.37. The van der Waals surface area contributed by atoms with Gasteiger partial charge in [-0.05, 0) is 44.2 Å². The number of nitrogens with one attached hydrogen (secondary N) is 2. The van der Waals surface area contributed by atoms with Crippen LogP contribution in [0.1, 0.15) is 42.9 Å². The summed E-state index contributed by atoms with van der Waals surface area (Å²) in [6, 6.07) is 3.48. The average Bonchev–Trinajstić information content (AvgIpc) is 3.43. The number of methoxy groups -OCH3 is 1. The molecule has 0 amide bonds. The first-order chi connectivity index (χ1) is 16.0. The third-order valence-electron chi connectivity index (χ3n) is 6.35. The van der Waals surface area contributed by atoms with Gasteiger partial charge in [-0.25, -0.2) is 9.97 Å². The van der Waals surface area contributed by atoms with Crippen LogP contribution in [0.25, 0.3) is 0 Å². The van der Waals surface area contributed by atoms with Crippen LogP contribution in [0, 0.1) is 6.92 Å². The third-order valence-corrected chi connectivity index (χ3v) is 7.29. The molecule has 4 heterocycles. The van der Waals surface area contributed by atoms with Gasteiger partial charge in [0.2, 0.25) is 5.95 Å². The summed E-state index contributed by atoms with van der Waals surface area (Å²) < 4.78 is 13.2. The Kier molecular flexibility index (Phi) is 6.32. The van der Waals surface area contributed by atoms with Crippen LogP contribution in [-0.4, -0.2) is 38.9 Å². The van der Waals surface area contributed by atoms with Gasteiger partial charge < -0.3 is 20.1 Å². The van der Waals surface area contributed by atoms with Gasteiger partial charge >= 0.3 is 0 Å². The molecule has 2 bridgehead atoms. The molecule has 1 unspecified atom stereocenters. The summed E-state index contributed by atoms with van der Waals surface area (Å²) in [6.07, 6.45) is 11.8. The molecule has 0 spiro atoms. The summed E-state index contributed by atoms with van der Waals surface area (Å²) in [6.45, 7) is 2.07. The molecule has 5 rings (SSSR count).